The van der Waals surface area contributed by atoms with Gasteiger partial charge in [-0.05, 0) is 55.1 Å². The molecule has 0 saturated carbocycles. The van der Waals surface area contributed by atoms with Crippen molar-refractivity contribution in [3.8, 4) is 0 Å². The Labute approximate surface area is 94.7 Å². The second-order valence-corrected chi connectivity index (χ2v) is 5.23. The van der Waals surface area contributed by atoms with Crippen LogP contribution in [-0.2, 0) is 11.2 Å². The van der Waals surface area contributed by atoms with Gasteiger partial charge in [-0.3, -0.25) is 4.79 Å². The summed E-state index contributed by atoms with van der Waals surface area (Å²) < 4.78 is 0. The summed E-state index contributed by atoms with van der Waals surface area (Å²) in [4.78, 5) is 12.1. The van der Waals surface area contributed by atoms with E-state index in [1.807, 2.05) is 18.4 Å². The molecule has 1 aliphatic heterocycles. The number of hydrogen-bond donors (Lipinski definition) is 1. The van der Waals surface area contributed by atoms with Gasteiger partial charge in [0.2, 0.25) is 0 Å². The SMILES string of the molecule is CC1(C(=O)Cc2ccsc2)CCCCN1. The fourth-order valence-corrected chi connectivity index (χ4v) is 2.74. The normalized spacial score (nSPS) is 26.5. The third-order valence-corrected chi connectivity index (χ3v) is 3.91. The highest BCUT2D eigenvalue weighted by molar-refractivity contribution is 7.08. The van der Waals surface area contributed by atoms with Crippen LogP contribution in [0.15, 0.2) is 16.8 Å². The van der Waals surface area contributed by atoms with Gasteiger partial charge in [0, 0.05) is 6.42 Å². The van der Waals surface area contributed by atoms with Crippen molar-refractivity contribution in [1.29, 1.82) is 0 Å². The highest BCUT2D eigenvalue weighted by Crippen LogP contribution is 2.22. The van der Waals surface area contributed by atoms with Crippen LogP contribution < -0.4 is 5.32 Å². The molecule has 1 aliphatic rings. The lowest BCUT2D eigenvalue weighted by Gasteiger charge is -2.33. The summed E-state index contributed by atoms with van der Waals surface area (Å²) in [5, 5.41) is 7.45. The summed E-state index contributed by atoms with van der Waals surface area (Å²) in [6.07, 6.45) is 3.92. The summed E-state index contributed by atoms with van der Waals surface area (Å²) >= 11 is 1.65. The van der Waals surface area contributed by atoms with Gasteiger partial charge >= 0.3 is 0 Å². The molecular formula is C12H17NOS. The lowest BCUT2D eigenvalue weighted by atomic mass is 9.84. The van der Waals surface area contributed by atoms with Crippen LogP contribution in [0.2, 0.25) is 0 Å². The van der Waals surface area contributed by atoms with Gasteiger partial charge in [-0.2, -0.15) is 11.3 Å². The lowest BCUT2D eigenvalue weighted by molar-refractivity contribution is -0.125. The number of thiophene rings is 1. The van der Waals surface area contributed by atoms with E-state index in [0.29, 0.717) is 12.2 Å². The van der Waals surface area contributed by atoms with E-state index in [1.165, 1.54) is 12.8 Å². The van der Waals surface area contributed by atoms with Crippen molar-refractivity contribution >= 4 is 17.1 Å². The molecule has 1 aromatic rings. The molecule has 0 radical (unpaired) electrons. The topological polar surface area (TPSA) is 29.1 Å². The standard InChI is InChI=1S/C12H17NOS/c1-12(5-2-3-6-13-12)11(14)8-10-4-7-15-9-10/h4,7,9,13H,2-3,5-6,8H2,1H3. The summed E-state index contributed by atoms with van der Waals surface area (Å²) in [6, 6.07) is 2.04. The zero-order chi connectivity index (χ0) is 10.7. The Balaban J connectivity index is 2.00. The number of piperidine rings is 1. The van der Waals surface area contributed by atoms with Gasteiger partial charge in [-0.15, -0.1) is 0 Å². The first-order chi connectivity index (χ1) is 7.21. The summed E-state index contributed by atoms with van der Waals surface area (Å²) in [5.41, 5.74) is 0.874. The number of ketones is 1. The molecule has 1 N–H and O–H groups in total. The molecule has 2 nitrogen and oxygen atoms in total. The average Bonchev–Trinajstić information content (AvgIpc) is 2.71. The highest BCUT2D eigenvalue weighted by Gasteiger charge is 2.33. The first-order valence-corrected chi connectivity index (χ1v) is 6.44. The van der Waals surface area contributed by atoms with Crippen LogP contribution in [0.5, 0.6) is 0 Å². The monoisotopic (exact) mass is 223 g/mol. The Morgan fingerprint density at radius 2 is 2.47 bits per heavy atom. The second-order valence-electron chi connectivity index (χ2n) is 4.45. The summed E-state index contributed by atoms with van der Waals surface area (Å²) in [5.74, 6) is 0.334. The molecule has 0 aliphatic carbocycles. The van der Waals surface area contributed by atoms with Gasteiger partial charge in [-0.25, -0.2) is 0 Å². The summed E-state index contributed by atoms with van der Waals surface area (Å²) in [7, 11) is 0. The predicted octanol–water partition coefficient (Wildman–Crippen LogP) is 2.39. The van der Waals surface area contributed by atoms with Crippen LogP contribution >= 0.6 is 11.3 Å². The van der Waals surface area contributed by atoms with E-state index >= 15 is 0 Å². The minimum atomic E-state index is -0.278. The molecule has 1 saturated heterocycles. The minimum Gasteiger partial charge on any atom is -0.305 e. The van der Waals surface area contributed by atoms with E-state index in [-0.39, 0.29) is 5.54 Å². The predicted molar refractivity (Wildman–Crippen MR) is 63.3 cm³/mol. The van der Waals surface area contributed by atoms with E-state index in [0.717, 1.165) is 18.5 Å². The molecule has 0 spiro atoms. The zero-order valence-electron chi connectivity index (χ0n) is 9.08. The maximum atomic E-state index is 12.1. The molecule has 2 heterocycles. The zero-order valence-corrected chi connectivity index (χ0v) is 9.90. The Bertz CT molecular complexity index is 325. The van der Waals surface area contributed by atoms with Crippen molar-refractivity contribution in [3.05, 3.63) is 22.4 Å². The number of hydrogen-bond acceptors (Lipinski definition) is 3. The van der Waals surface area contributed by atoms with Gasteiger partial charge < -0.3 is 5.32 Å². The molecular weight excluding hydrogens is 206 g/mol. The second kappa shape index (κ2) is 4.45. The average molecular weight is 223 g/mol. The van der Waals surface area contributed by atoms with Crippen LogP contribution in [0.1, 0.15) is 31.7 Å². The molecule has 0 bridgehead atoms. The van der Waals surface area contributed by atoms with Gasteiger partial charge in [-0.1, -0.05) is 0 Å². The molecule has 1 fully saturated rings. The van der Waals surface area contributed by atoms with Crippen molar-refractivity contribution in [2.45, 2.75) is 38.1 Å². The summed E-state index contributed by atoms with van der Waals surface area (Å²) in [6.45, 7) is 3.02. The molecule has 1 atom stereocenters. The van der Waals surface area contributed by atoms with Gasteiger partial charge in [0.25, 0.3) is 0 Å². The molecule has 15 heavy (non-hydrogen) atoms. The molecule has 2 rings (SSSR count). The van der Waals surface area contributed by atoms with Crippen LogP contribution in [0.4, 0.5) is 0 Å². The lowest BCUT2D eigenvalue weighted by Crippen LogP contribution is -2.52. The largest absolute Gasteiger partial charge is 0.305 e. The third-order valence-electron chi connectivity index (χ3n) is 3.18. The first-order valence-electron chi connectivity index (χ1n) is 5.50. The Morgan fingerprint density at radius 1 is 1.60 bits per heavy atom. The van der Waals surface area contributed by atoms with Crippen molar-refractivity contribution in [1.82, 2.24) is 5.32 Å². The van der Waals surface area contributed by atoms with Gasteiger partial charge in [0.15, 0.2) is 5.78 Å². The van der Waals surface area contributed by atoms with E-state index < -0.39 is 0 Å². The fraction of sp³-hybridized carbons (Fsp3) is 0.583. The van der Waals surface area contributed by atoms with Crippen LogP contribution in [0.3, 0.4) is 0 Å². The van der Waals surface area contributed by atoms with E-state index in [1.54, 1.807) is 11.3 Å². The number of rotatable bonds is 3. The van der Waals surface area contributed by atoms with Crippen molar-refractivity contribution in [3.63, 3.8) is 0 Å². The number of carbonyl (C=O) groups is 1. The van der Waals surface area contributed by atoms with Crippen molar-refractivity contribution in [2.75, 3.05) is 6.54 Å². The Hall–Kier alpha value is -0.670. The Morgan fingerprint density at radius 3 is 3.07 bits per heavy atom. The van der Waals surface area contributed by atoms with Gasteiger partial charge in [0.1, 0.15) is 0 Å². The van der Waals surface area contributed by atoms with E-state index in [4.69, 9.17) is 0 Å². The maximum absolute atomic E-state index is 12.1. The van der Waals surface area contributed by atoms with E-state index in [2.05, 4.69) is 10.7 Å². The maximum Gasteiger partial charge on any atom is 0.156 e. The van der Waals surface area contributed by atoms with Crippen LogP contribution in [-0.4, -0.2) is 17.9 Å². The third kappa shape index (κ3) is 2.47. The molecule has 1 unspecified atom stereocenters. The number of Topliss-reactive ketones (excluding diaryl/α,β-unsaturated/α-hetero) is 1. The fourth-order valence-electron chi connectivity index (χ4n) is 2.07. The molecule has 0 amide bonds. The number of carbonyl (C=O) groups excluding carboxylic acids is 1. The number of nitrogens with one attached hydrogen (secondary N) is 1. The van der Waals surface area contributed by atoms with Crippen molar-refractivity contribution < 1.29 is 4.79 Å². The highest BCUT2D eigenvalue weighted by atomic mass is 32.1. The molecule has 3 heteroatoms. The Kier molecular flexibility index (Phi) is 3.22. The molecule has 1 aromatic heterocycles. The first kappa shape index (κ1) is 10.8. The van der Waals surface area contributed by atoms with Crippen LogP contribution in [0.25, 0.3) is 0 Å². The molecule has 82 valence electrons. The van der Waals surface area contributed by atoms with Gasteiger partial charge in [0.05, 0.1) is 5.54 Å². The molecule has 0 aromatic carbocycles. The minimum absolute atomic E-state index is 0.278. The van der Waals surface area contributed by atoms with Crippen molar-refractivity contribution in [2.24, 2.45) is 0 Å². The quantitative estimate of drug-likeness (QED) is 0.852. The van der Waals surface area contributed by atoms with Crippen LogP contribution in [0, 0.1) is 0 Å². The van der Waals surface area contributed by atoms with E-state index in [9.17, 15) is 4.79 Å². The smallest absolute Gasteiger partial charge is 0.156 e.